The van der Waals surface area contributed by atoms with E-state index in [0.717, 1.165) is 5.69 Å². The van der Waals surface area contributed by atoms with Crippen molar-refractivity contribution in [1.82, 2.24) is 10.2 Å². The smallest absolute Gasteiger partial charge is 0.162 e. The number of aryl methyl sites for hydroxylation is 1. The molecule has 0 unspecified atom stereocenters. The molecule has 3 N–H and O–H groups in total. The van der Waals surface area contributed by atoms with E-state index in [4.69, 9.17) is 5.84 Å². The second-order valence-corrected chi connectivity index (χ2v) is 3.57. The van der Waals surface area contributed by atoms with E-state index in [1.54, 1.807) is 0 Å². The van der Waals surface area contributed by atoms with Crippen LogP contribution in [0, 0.1) is 6.92 Å². The lowest BCUT2D eigenvalue weighted by Gasteiger charge is -2.25. The highest BCUT2D eigenvalue weighted by atomic mass is 15.3. The van der Waals surface area contributed by atoms with Crippen molar-refractivity contribution in [3.8, 4) is 0 Å². The number of nitrogens with zero attached hydrogens (tertiary/aromatic N) is 2. The van der Waals surface area contributed by atoms with Gasteiger partial charge in [-0.1, -0.05) is 6.42 Å². The standard InChI is InChI=1S/C9H14N4/c1-6-5-8(11-10)12-13-9(6)7-3-2-4-7/h5,7H,2-4,10H2,1H3,(H,11,12). The van der Waals surface area contributed by atoms with Crippen molar-refractivity contribution in [1.29, 1.82) is 0 Å². The van der Waals surface area contributed by atoms with Crippen LogP contribution in [0.4, 0.5) is 5.82 Å². The number of nitrogens with one attached hydrogen (secondary N) is 1. The Morgan fingerprint density at radius 1 is 1.46 bits per heavy atom. The van der Waals surface area contributed by atoms with Crippen molar-refractivity contribution in [2.75, 3.05) is 5.43 Å². The zero-order valence-electron chi connectivity index (χ0n) is 7.75. The molecule has 0 saturated heterocycles. The van der Waals surface area contributed by atoms with Gasteiger partial charge < -0.3 is 5.43 Å². The number of nitrogen functional groups attached to an aromatic ring is 1. The van der Waals surface area contributed by atoms with Crippen LogP contribution < -0.4 is 11.3 Å². The van der Waals surface area contributed by atoms with E-state index in [0.29, 0.717) is 11.7 Å². The van der Waals surface area contributed by atoms with E-state index >= 15 is 0 Å². The molecule has 4 nitrogen and oxygen atoms in total. The highest BCUT2D eigenvalue weighted by Gasteiger charge is 2.22. The summed E-state index contributed by atoms with van der Waals surface area (Å²) in [6, 6.07) is 1.95. The molecule has 1 aromatic heterocycles. The summed E-state index contributed by atoms with van der Waals surface area (Å²) >= 11 is 0. The van der Waals surface area contributed by atoms with Crippen LogP contribution in [0.1, 0.15) is 36.4 Å². The minimum absolute atomic E-state index is 0.638. The fourth-order valence-corrected chi connectivity index (χ4v) is 1.65. The van der Waals surface area contributed by atoms with Crippen molar-refractivity contribution < 1.29 is 0 Å². The Morgan fingerprint density at radius 3 is 2.69 bits per heavy atom. The summed E-state index contributed by atoms with van der Waals surface area (Å²) in [5.41, 5.74) is 4.83. The third-order valence-electron chi connectivity index (χ3n) is 2.66. The predicted molar refractivity (Wildman–Crippen MR) is 51.2 cm³/mol. The molecule has 1 saturated carbocycles. The summed E-state index contributed by atoms with van der Waals surface area (Å²) in [5, 5.41) is 8.15. The second-order valence-electron chi connectivity index (χ2n) is 3.57. The Balaban J connectivity index is 2.26. The van der Waals surface area contributed by atoms with Crippen molar-refractivity contribution in [2.45, 2.75) is 32.1 Å². The number of hydrogen-bond donors (Lipinski definition) is 2. The summed E-state index contributed by atoms with van der Waals surface area (Å²) < 4.78 is 0. The first-order valence-corrected chi connectivity index (χ1v) is 4.62. The van der Waals surface area contributed by atoms with Gasteiger partial charge in [0, 0.05) is 5.92 Å². The quantitative estimate of drug-likeness (QED) is 0.530. The van der Waals surface area contributed by atoms with Gasteiger partial charge in [0.25, 0.3) is 0 Å². The van der Waals surface area contributed by atoms with Gasteiger partial charge in [0.2, 0.25) is 0 Å². The van der Waals surface area contributed by atoms with Crippen LogP contribution in [0.15, 0.2) is 6.07 Å². The molecule has 0 aliphatic heterocycles. The van der Waals surface area contributed by atoms with Gasteiger partial charge in [-0.05, 0) is 31.4 Å². The third kappa shape index (κ3) is 1.49. The number of hydrazine groups is 1. The van der Waals surface area contributed by atoms with Crippen LogP contribution in [0.5, 0.6) is 0 Å². The van der Waals surface area contributed by atoms with Gasteiger partial charge >= 0.3 is 0 Å². The Morgan fingerprint density at radius 2 is 2.23 bits per heavy atom. The fraction of sp³-hybridized carbons (Fsp3) is 0.556. The topological polar surface area (TPSA) is 63.8 Å². The van der Waals surface area contributed by atoms with Gasteiger partial charge in [0.1, 0.15) is 0 Å². The largest absolute Gasteiger partial charge is 0.307 e. The fourth-order valence-electron chi connectivity index (χ4n) is 1.65. The summed E-state index contributed by atoms with van der Waals surface area (Å²) in [4.78, 5) is 0. The normalized spacial score (nSPS) is 16.8. The molecule has 1 aliphatic rings. The van der Waals surface area contributed by atoms with E-state index in [1.165, 1.54) is 24.8 Å². The Kier molecular flexibility index (Phi) is 2.14. The van der Waals surface area contributed by atoms with Gasteiger partial charge in [0.05, 0.1) is 5.69 Å². The number of rotatable bonds is 2. The van der Waals surface area contributed by atoms with Gasteiger partial charge in [-0.3, -0.25) is 0 Å². The first-order chi connectivity index (χ1) is 6.31. The summed E-state index contributed by atoms with van der Waals surface area (Å²) in [5.74, 6) is 6.52. The average Bonchev–Trinajstić information content (AvgIpc) is 2.05. The van der Waals surface area contributed by atoms with Gasteiger partial charge in [-0.2, -0.15) is 5.10 Å². The monoisotopic (exact) mass is 178 g/mol. The van der Waals surface area contributed by atoms with Gasteiger partial charge in [-0.15, -0.1) is 5.10 Å². The molecule has 13 heavy (non-hydrogen) atoms. The van der Waals surface area contributed by atoms with Crippen LogP contribution in [-0.4, -0.2) is 10.2 Å². The molecule has 1 fully saturated rings. The number of anilines is 1. The van der Waals surface area contributed by atoms with E-state index in [-0.39, 0.29) is 0 Å². The Hall–Kier alpha value is -1.16. The molecule has 70 valence electrons. The van der Waals surface area contributed by atoms with E-state index in [1.807, 2.05) is 6.07 Å². The highest BCUT2D eigenvalue weighted by molar-refractivity contribution is 5.37. The molecule has 0 amide bonds. The molecule has 0 spiro atoms. The molecule has 0 atom stereocenters. The lowest BCUT2D eigenvalue weighted by atomic mass is 9.81. The van der Waals surface area contributed by atoms with Crippen molar-refractivity contribution in [2.24, 2.45) is 5.84 Å². The van der Waals surface area contributed by atoms with Crippen LogP contribution in [-0.2, 0) is 0 Å². The summed E-state index contributed by atoms with van der Waals surface area (Å²) in [6.07, 6.45) is 3.83. The maximum Gasteiger partial charge on any atom is 0.162 e. The Bertz CT molecular complexity index is 306. The molecule has 1 aliphatic carbocycles. The third-order valence-corrected chi connectivity index (χ3v) is 2.66. The minimum atomic E-state index is 0.638. The molecule has 0 bridgehead atoms. The van der Waals surface area contributed by atoms with Crippen LogP contribution in [0.25, 0.3) is 0 Å². The number of nitrogens with two attached hydrogens (primary N) is 1. The molecule has 1 aromatic rings. The van der Waals surface area contributed by atoms with E-state index in [9.17, 15) is 0 Å². The average molecular weight is 178 g/mol. The maximum atomic E-state index is 5.24. The van der Waals surface area contributed by atoms with Crippen molar-refractivity contribution in [3.63, 3.8) is 0 Å². The molecule has 4 heteroatoms. The second kappa shape index (κ2) is 3.30. The van der Waals surface area contributed by atoms with Crippen LogP contribution in [0.2, 0.25) is 0 Å². The van der Waals surface area contributed by atoms with Gasteiger partial charge in [0.15, 0.2) is 5.82 Å². The zero-order chi connectivity index (χ0) is 9.26. The molecule has 0 aromatic carbocycles. The maximum absolute atomic E-state index is 5.24. The molecule has 0 radical (unpaired) electrons. The molecule has 1 heterocycles. The SMILES string of the molecule is Cc1cc(NN)nnc1C1CCC1. The minimum Gasteiger partial charge on any atom is -0.307 e. The van der Waals surface area contributed by atoms with Crippen molar-refractivity contribution >= 4 is 5.82 Å². The lowest BCUT2D eigenvalue weighted by molar-refractivity contribution is 0.406. The highest BCUT2D eigenvalue weighted by Crippen LogP contribution is 2.36. The zero-order valence-corrected chi connectivity index (χ0v) is 7.75. The van der Waals surface area contributed by atoms with Crippen LogP contribution in [0.3, 0.4) is 0 Å². The summed E-state index contributed by atoms with van der Waals surface area (Å²) in [6.45, 7) is 2.06. The number of aromatic nitrogens is 2. The van der Waals surface area contributed by atoms with Crippen molar-refractivity contribution in [3.05, 3.63) is 17.3 Å². The number of hydrogen-bond acceptors (Lipinski definition) is 4. The molecule has 2 rings (SSSR count). The van der Waals surface area contributed by atoms with E-state index < -0.39 is 0 Å². The summed E-state index contributed by atoms with van der Waals surface area (Å²) in [7, 11) is 0. The molecular formula is C9H14N4. The lowest BCUT2D eigenvalue weighted by Crippen LogP contribution is -2.15. The van der Waals surface area contributed by atoms with Crippen LogP contribution >= 0.6 is 0 Å². The first-order valence-electron chi connectivity index (χ1n) is 4.62. The van der Waals surface area contributed by atoms with E-state index in [2.05, 4.69) is 22.5 Å². The Labute approximate surface area is 77.5 Å². The first kappa shape index (κ1) is 8.44. The van der Waals surface area contributed by atoms with Gasteiger partial charge in [-0.25, -0.2) is 5.84 Å². The molecular weight excluding hydrogens is 164 g/mol. The predicted octanol–water partition coefficient (Wildman–Crippen LogP) is 1.34.